The van der Waals surface area contributed by atoms with Gasteiger partial charge < -0.3 is 0 Å². The van der Waals surface area contributed by atoms with Gasteiger partial charge in [-0.3, -0.25) is 4.57 Å². The summed E-state index contributed by atoms with van der Waals surface area (Å²) in [7, 11) is 3.45. The smallest absolute Gasteiger partial charge is 0.279 e. The summed E-state index contributed by atoms with van der Waals surface area (Å²) in [6, 6.07) is 0. The number of hydrogen-bond acceptors (Lipinski definition) is 2. The lowest BCUT2D eigenvalue weighted by Gasteiger charge is -2.12. The maximum atomic E-state index is 11.5. The standard InChI is InChI=1S/C11H17N3O/c1-13-10(12-14(2)11(13)15)8-9-6-4-3-5-7-9/h8H,3-7H2,1-2H3. The van der Waals surface area contributed by atoms with E-state index in [0.29, 0.717) is 0 Å². The van der Waals surface area contributed by atoms with Crippen LogP contribution in [0.4, 0.5) is 0 Å². The molecule has 0 unspecified atom stereocenters. The van der Waals surface area contributed by atoms with Crippen LogP contribution >= 0.6 is 0 Å². The molecule has 1 fully saturated rings. The van der Waals surface area contributed by atoms with Crippen LogP contribution in [-0.2, 0) is 14.1 Å². The van der Waals surface area contributed by atoms with Gasteiger partial charge in [-0.15, -0.1) is 0 Å². The highest BCUT2D eigenvalue weighted by Gasteiger charge is 2.09. The Morgan fingerprint density at radius 2 is 1.87 bits per heavy atom. The summed E-state index contributed by atoms with van der Waals surface area (Å²) >= 11 is 0. The van der Waals surface area contributed by atoms with Gasteiger partial charge in [0, 0.05) is 14.1 Å². The van der Waals surface area contributed by atoms with Crippen LogP contribution in [0.15, 0.2) is 10.4 Å². The zero-order valence-corrected chi connectivity index (χ0v) is 9.36. The van der Waals surface area contributed by atoms with Crippen molar-refractivity contribution < 1.29 is 0 Å². The Balaban J connectivity index is 2.30. The van der Waals surface area contributed by atoms with E-state index in [-0.39, 0.29) is 5.69 Å². The quantitative estimate of drug-likeness (QED) is 0.699. The second kappa shape index (κ2) is 4.04. The van der Waals surface area contributed by atoms with E-state index in [9.17, 15) is 4.79 Å². The molecule has 1 aromatic heterocycles. The number of aromatic nitrogens is 3. The third kappa shape index (κ3) is 2.03. The normalized spacial score (nSPS) is 16.8. The second-order valence-electron chi connectivity index (χ2n) is 4.19. The van der Waals surface area contributed by atoms with Gasteiger partial charge in [-0.25, -0.2) is 9.48 Å². The van der Waals surface area contributed by atoms with Crippen LogP contribution in [0.1, 0.15) is 37.9 Å². The summed E-state index contributed by atoms with van der Waals surface area (Å²) in [6.07, 6.45) is 8.26. The van der Waals surface area contributed by atoms with Gasteiger partial charge >= 0.3 is 5.69 Å². The van der Waals surface area contributed by atoms with Gasteiger partial charge in [-0.2, -0.15) is 5.10 Å². The lowest BCUT2D eigenvalue weighted by atomic mass is 9.95. The van der Waals surface area contributed by atoms with E-state index in [4.69, 9.17) is 0 Å². The molecule has 0 saturated heterocycles. The van der Waals surface area contributed by atoms with Crippen molar-refractivity contribution in [3.63, 3.8) is 0 Å². The first kappa shape index (κ1) is 10.2. The van der Waals surface area contributed by atoms with Gasteiger partial charge in [0.2, 0.25) is 0 Å². The molecule has 0 N–H and O–H groups in total. The Morgan fingerprint density at radius 3 is 2.40 bits per heavy atom. The van der Waals surface area contributed by atoms with Gasteiger partial charge in [-0.1, -0.05) is 12.0 Å². The van der Waals surface area contributed by atoms with Crippen molar-refractivity contribution in [3.8, 4) is 0 Å². The van der Waals surface area contributed by atoms with Crippen molar-refractivity contribution in [2.24, 2.45) is 14.1 Å². The van der Waals surface area contributed by atoms with Gasteiger partial charge in [0.25, 0.3) is 0 Å². The maximum Gasteiger partial charge on any atom is 0.345 e. The molecule has 1 heterocycles. The number of aryl methyl sites for hydroxylation is 1. The Morgan fingerprint density at radius 1 is 1.20 bits per heavy atom. The number of allylic oxidation sites excluding steroid dienone is 1. The molecule has 15 heavy (non-hydrogen) atoms. The van der Waals surface area contributed by atoms with Crippen molar-refractivity contribution >= 4 is 6.08 Å². The van der Waals surface area contributed by atoms with E-state index in [2.05, 4.69) is 11.2 Å². The highest BCUT2D eigenvalue weighted by atomic mass is 16.2. The molecule has 1 aliphatic rings. The molecule has 4 heteroatoms. The first-order chi connectivity index (χ1) is 7.18. The molecule has 1 saturated carbocycles. The van der Waals surface area contributed by atoms with Crippen LogP contribution in [0.25, 0.3) is 6.08 Å². The molecule has 0 bridgehead atoms. The topological polar surface area (TPSA) is 39.8 Å². The monoisotopic (exact) mass is 207 g/mol. The average molecular weight is 207 g/mol. The molecule has 0 radical (unpaired) electrons. The predicted molar refractivity (Wildman–Crippen MR) is 59.5 cm³/mol. The molecule has 0 atom stereocenters. The third-order valence-electron chi connectivity index (χ3n) is 2.99. The fourth-order valence-electron chi connectivity index (χ4n) is 2.04. The number of rotatable bonds is 1. The van der Waals surface area contributed by atoms with Crippen molar-refractivity contribution in [1.29, 1.82) is 0 Å². The summed E-state index contributed by atoms with van der Waals surface area (Å²) in [5.74, 6) is 0.777. The minimum absolute atomic E-state index is 0.0577. The lowest BCUT2D eigenvalue weighted by Crippen LogP contribution is -2.20. The maximum absolute atomic E-state index is 11.5. The number of nitrogens with zero attached hydrogens (tertiary/aromatic N) is 3. The van der Waals surface area contributed by atoms with E-state index in [1.165, 1.54) is 29.5 Å². The van der Waals surface area contributed by atoms with E-state index >= 15 is 0 Å². The van der Waals surface area contributed by atoms with Gasteiger partial charge in [0.15, 0.2) is 5.82 Å². The lowest BCUT2D eigenvalue weighted by molar-refractivity contribution is 0.602. The van der Waals surface area contributed by atoms with Gasteiger partial charge in [0.1, 0.15) is 0 Å². The van der Waals surface area contributed by atoms with Crippen LogP contribution < -0.4 is 5.69 Å². The fourth-order valence-corrected chi connectivity index (χ4v) is 2.04. The zero-order valence-electron chi connectivity index (χ0n) is 9.36. The zero-order chi connectivity index (χ0) is 10.8. The van der Waals surface area contributed by atoms with Crippen LogP contribution in [0.5, 0.6) is 0 Å². The average Bonchev–Trinajstić information content (AvgIpc) is 2.48. The summed E-state index contributed by atoms with van der Waals surface area (Å²) < 4.78 is 2.98. The molecular formula is C11H17N3O. The Labute approximate surface area is 89.2 Å². The Hall–Kier alpha value is -1.32. The molecule has 0 spiro atoms. The molecular weight excluding hydrogens is 190 g/mol. The van der Waals surface area contributed by atoms with Crippen molar-refractivity contribution in [3.05, 3.63) is 21.9 Å². The molecule has 1 aliphatic carbocycles. The Kier molecular flexibility index (Phi) is 2.75. The van der Waals surface area contributed by atoms with Crippen LogP contribution in [-0.4, -0.2) is 14.3 Å². The summed E-state index contributed by atoms with van der Waals surface area (Å²) in [6.45, 7) is 0. The number of hydrogen-bond donors (Lipinski definition) is 0. The summed E-state index contributed by atoms with van der Waals surface area (Å²) in [5.41, 5.74) is 1.37. The predicted octanol–water partition coefficient (Wildman–Crippen LogP) is 1.47. The minimum Gasteiger partial charge on any atom is -0.279 e. The van der Waals surface area contributed by atoms with E-state index in [1.807, 2.05) is 0 Å². The first-order valence-corrected chi connectivity index (χ1v) is 5.48. The van der Waals surface area contributed by atoms with Crippen molar-refractivity contribution in [2.75, 3.05) is 0 Å². The molecule has 82 valence electrons. The van der Waals surface area contributed by atoms with Gasteiger partial charge in [0.05, 0.1) is 0 Å². The first-order valence-electron chi connectivity index (χ1n) is 5.48. The summed E-state index contributed by atoms with van der Waals surface area (Å²) in [5, 5.41) is 4.19. The molecule has 4 nitrogen and oxygen atoms in total. The summed E-state index contributed by atoms with van der Waals surface area (Å²) in [4.78, 5) is 11.5. The highest BCUT2D eigenvalue weighted by molar-refractivity contribution is 5.45. The SMILES string of the molecule is Cn1nc(C=C2CCCCC2)n(C)c1=O. The molecule has 2 rings (SSSR count). The second-order valence-corrected chi connectivity index (χ2v) is 4.19. The highest BCUT2D eigenvalue weighted by Crippen LogP contribution is 2.23. The van der Waals surface area contributed by atoms with Gasteiger partial charge in [-0.05, 0) is 31.8 Å². The Bertz CT molecular complexity index is 431. The fraction of sp³-hybridized carbons (Fsp3) is 0.636. The minimum atomic E-state index is -0.0577. The molecule has 0 aromatic carbocycles. The largest absolute Gasteiger partial charge is 0.345 e. The molecule has 1 aromatic rings. The van der Waals surface area contributed by atoms with Crippen LogP contribution in [0.3, 0.4) is 0 Å². The van der Waals surface area contributed by atoms with Crippen molar-refractivity contribution in [1.82, 2.24) is 14.3 Å². The van der Waals surface area contributed by atoms with E-state index in [0.717, 1.165) is 18.7 Å². The van der Waals surface area contributed by atoms with Crippen molar-refractivity contribution in [2.45, 2.75) is 32.1 Å². The molecule has 0 amide bonds. The van der Waals surface area contributed by atoms with E-state index < -0.39 is 0 Å². The molecule has 0 aliphatic heterocycles. The van der Waals surface area contributed by atoms with E-state index in [1.54, 1.807) is 18.7 Å². The third-order valence-corrected chi connectivity index (χ3v) is 2.99. The van der Waals surface area contributed by atoms with Crippen LogP contribution in [0.2, 0.25) is 0 Å². The van der Waals surface area contributed by atoms with Crippen LogP contribution in [0, 0.1) is 0 Å².